The lowest BCUT2D eigenvalue weighted by molar-refractivity contribution is -0.0123. The molecule has 13 heteroatoms. The second-order valence-corrected chi connectivity index (χ2v) is 13.7. The minimum atomic E-state index is -1.20. The average Bonchev–Trinajstić information content (AvgIpc) is 3.59. The number of aromatic nitrogens is 2. The van der Waals surface area contributed by atoms with Crippen LogP contribution in [-0.4, -0.2) is 83.3 Å². The molecule has 0 bridgehead atoms. The van der Waals surface area contributed by atoms with Gasteiger partial charge in [0.25, 0.3) is 0 Å². The van der Waals surface area contributed by atoms with E-state index in [1.54, 1.807) is 19.9 Å². The standard InChI is InChI=1S/C32H33F3N6O3S/c1-17-10-20-26(25(35)23(17)19-4-5-22(34)27-24(19)21(12-36)28(37)45-27)38-30(39-29(20)40-8-9-43-15-31(2,42)14-40)44-16-32-6-3-7-41(32)13-18(33)11-32/h4-5,10,18,42H,3,6-9,11,13-16,37H2,1-2H3/t18-,31+,32+/m1/s1. The summed E-state index contributed by atoms with van der Waals surface area (Å²) in [5.41, 5.74) is 5.44. The molecule has 7 rings (SSSR count). The number of aryl methyl sites for hydroxylation is 1. The van der Waals surface area contributed by atoms with Crippen molar-refractivity contribution < 1.29 is 27.8 Å². The zero-order valence-electron chi connectivity index (χ0n) is 25.0. The minimum absolute atomic E-state index is 0.0323. The molecule has 4 aromatic rings. The monoisotopic (exact) mass is 638 g/mol. The fourth-order valence-corrected chi connectivity index (χ4v) is 8.24. The number of aliphatic hydroxyl groups is 1. The summed E-state index contributed by atoms with van der Waals surface area (Å²) in [7, 11) is 0. The summed E-state index contributed by atoms with van der Waals surface area (Å²) in [6, 6.07) is 6.43. The highest BCUT2D eigenvalue weighted by Gasteiger charge is 2.49. The van der Waals surface area contributed by atoms with E-state index in [4.69, 9.17) is 20.2 Å². The van der Waals surface area contributed by atoms with Crippen molar-refractivity contribution in [2.75, 3.05) is 56.6 Å². The van der Waals surface area contributed by atoms with Crippen molar-refractivity contribution in [2.24, 2.45) is 0 Å². The van der Waals surface area contributed by atoms with Gasteiger partial charge >= 0.3 is 6.01 Å². The van der Waals surface area contributed by atoms with Gasteiger partial charge in [0, 0.05) is 35.8 Å². The molecular weight excluding hydrogens is 605 g/mol. The third-order valence-corrected chi connectivity index (χ3v) is 10.3. The number of rotatable bonds is 5. The van der Waals surface area contributed by atoms with Crippen LogP contribution in [0, 0.1) is 29.9 Å². The van der Waals surface area contributed by atoms with E-state index in [1.807, 2.05) is 11.0 Å². The minimum Gasteiger partial charge on any atom is -0.461 e. The fourth-order valence-electron chi connectivity index (χ4n) is 7.29. The Bertz CT molecular complexity index is 1880. The van der Waals surface area contributed by atoms with Gasteiger partial charge in [-0.25, -0.2) is 13.2 Å². The summed E-state index contributed by atoms with van der Waals surface area (Å²) >= 11 is 0.945. The Balaban J connectivity index is 1.41. The number of ether oxygens (including phenoxy) is 2. The molecule has 3 aliphatic rings. The summed E-state index contributed by atoms with van der Waals surface area (Å²) in [4.78, 5) is 13.2. The van der Waals surface area contributed by atoms with Gasteiger partial charge in [-0.15, -0.1) is 11.3 Å². The molecule has 0 unspecified atom stereocenters. The van der Waals surface area contributed by atoms with Crippen LogP contribution in [0.1, 0.15) is 37.3 Å². The molecule has 3 saturated heterocycles. The molecule has 0 aliphatic carbocycles. The van der Waals surface area contributed by atoms with Gasteiger partial charge in [0.1, 0.15) is 46.6 Å². The van der Waals surface area contributed by atoms with Gasteiger partial charge in [0.2, 0.25) is 0 Å². The number of alkyl halides is 1. The van der Waals surface area contributed by atoms with Crippen molar-refractivity contribution in [2.45, 2.75) is 50.4 Å². The van der Waals surface area contributed by atoms with E-state index in [0.29, 0.717) is 48.4 Å². The van der Waals surface area contributed by atoms with E-state index in [2.05, 4.69) is 9.88 Å². The highest BCUT2D eigenvalue weighted by Crippen LogP contribution is 2.45. The maximum absolute atomic E-state index is 17.0. The Labute approximate surface area is 262 Å². The number of β-amino-alcohol motifs (C(OH)–C–C–N with tert-alkyl or cyclic N) is 1. The largest absolute Gasteiger partial charge is 0.461 e. The van der Waals surface area contributed by atoms with Crippen LogP contribution in [-0.2, 0) is 4.74 Å². The van der Waals surface area contributed by atoms with E-state index in [-0.39, 0.29) is 57.5 Å². The van der Waals surface area contributed by atoms with Crippen LogP contribution in [0.2, 0.25) is 0 Å². The van der Waals surface area contributed by atoms with Gasteiger partial charge in [0.15, 0.2) is 5.82 Å². The lowest BCUT2D eigenvalue weighted by Gasteiger charge is -2.31. The second kappa shape index (κ2) is 11.0. The van der Waals surface area contributed by atoms with Crippen molar-refractivity contribution in [1.29, 1.82) is 5.26 Å². The lowest BCUT2D eigenvalue weighted by atomic mass is 9.93. The molecule has 3 N–H and O–H groups in total. The first kappa shape index (κ1) is 30.0. The van der Waals surface area contributed by atoms with Crippen molar-refractivity contribution in [3.05, 3.63) is 41.0 Å². The Morgan fingerprint density at radius 1 is 1.29 bits per heavy atom. The van der Waals surface area contributed by atoms with Crippen LogP contribution in [0.15, 0.2) is 18.2 Å². The number of thiophene rings is 1. The first-order chi connectivity index (χ1) is 21.5. The molecule has 0 radical (unpaired) electrons. The Kier molecular flexibility index (Phi) is 7.31. The number of halogens is 3. The van der Waals surface area contributed by atoms with E-state index in [1.165, 1.54) is 12.1 Å². The SMILES string of the molecule is Cc1cc2c(N3CCOC[C@@](C)(O)C3)nc(OC[C@@]34CCCN3C[C@H](F)C4)nc2c(F)c1-c1ccc(F)c2sc(N)c(C#N)c12. The quantitative estimate of drug-likeness (QED) is 0.308. The van der Waals surface area contributed by atoms with Gasteiger partial charge in [-0.2, -0.15) is 15.2 Å². The molecule has 2 aromatic heterocycles. The molecule has 0 amide bonds. The van der Waals surface area contributed by atoms with Crippen molar-refractivity contribution >= 4 is 43.1 Å². The van der Waals surface area contributed by atoms with Crippen LogP contribution >= 0.6 is 11.3 Å². The summed E-state index contributed by atoms with van der Waals surface area (Å²) in [5.74, 6) is -0.876. The molecule has 3 fully saturated rings. The molecule has 9 nitrogen and oxygen atoms in total. The molecule has 3 aliphatic heterocycles. The average molecular weight is 639 g/mol. The molecule has 236 valence electrons. The van der Waals surface area contributed by atoms with Crippen LogP contribution in [0.4, 0.5) is 24.0 Å². The van der Waals surface area contributed by atoms with Crippen LogP contribution in [0.25, 0.3) is 32.1 Å². The smallest absolute Gasteiger partial charge is 0.319 e. The predicted molar refractivity (Wildman–Crippen MR) is 166 cm³/mol. The number of fused-ring (bicyclic) bond motifs is 3. The number of nitrogen functional groups attached to an aromatic ring is 1. The van der Waals surface area contributed by atoms with Gasteiger partial charge in [-0.3, -0.25) is 4.90 Å². The lowest BCUT2D eigenvalue weighted by Crippen LogP contribution is -2.44. The summed E-state index contributed by atoms with van der Waals surface area (Å²) in [6.07, 6.45) is 1.12. The van der Waals surface area contributed by atoms with Crippen molar-refractivity contribution in [3.8, 4) is 23.2 Å². The maximum atomic E-state index is 17.0. The Hall–Kier alpha value is -3.70. The van der Waals surface area contributed by atoms with Crippen LogP contribution < -0.4 is 15.4 Å². The van der Waals surface area contributed by atoms with Crippen molar-refractivity contribution in [3.63, 3.8) is 0 Å². The summed E-state index contributed by atoms with van der Waals surface area (Å²) in [6.45, 7) is 5.68. The molecule has 0 spiro atoms. The first-order valence-electron chi connectivity index (χ1n) is 15.0. The summed E-state index contributed by atoms with van der Waals surface area (Å²) < 4.78 is 58.3. The zero-order chi connectivity index (χ0) is 31.7. The number of benzene rings is 2. The van der Waals surface area contributed by atoms with Gasteiger partial charge in [-0.05, 0) is 56.5 Å². The molecule has 3 atom stereocenters. The zero-order valence-corrected chi connectivity index (χ0v) is 25.8. The van der Waals surface area contributed by atoms with Gasteiger partial charge < -0.3 is 25.2 Å². The first-order valence-corrected chi connectivity index (χ1v) is 15.8. The van der Waals surface area contributed by atoms with Crippen LogP contribution in [0.3, 0.4) is 0 Å². The highest BCUT2D eigenvalue weighted by molar-refractivity contribution is 7.23. The number of hydrogen-bond acceptors (Lipinski definition) is 10. The number of nitrogens with two attached hydrogens (primary N) is 1. The number of nitriles is 1. The Morgan fingerprint density at radius 2 is 2.11 bits per heavy atom. The van der Waals surface area contributed by atoms with Crippen LogP contribution in [0.5, 0.6) is 6.01 Å². The molecule has 45 heavy (non-hydrogen) atoms. The predicted octanol–water partition coefficient (Wildman–Crippen LogP) is 5.09. The fraction of sp³-hybridized carbons (Fsp3) is 0.469. The normalized spacial score (nSPS) is 25.5. The number of nitrogens with zero attached hydrogens (tertiary/aromatic N) is 5. The van der Waals surface area contributed by atoms with Crippen molar-refractivity contribution in [1.82, 2.24) is 14.9 Å². The molecule has 0 saturated carbocycles. The van der Waals surface area contributed by atoms with Gasteiger partial charge in [-0.1, -0.05) is 6.07 Å². The molecular formula is C32H33F3N6O3S. The number of hydrogen-bond donors (Lipinski definition) is 2. The van der Waals surface area contributed by atoms with E-state index < -0.39 is 28.9 Å². The second-order valence-electron chi connectivity index (χ2n) is 12.7. The molecule has 5 heterocycles. The number of anilines is 2. The third kappa shape index (κ3) is 5.04. The molecule has 2 aromatic carbocycles. The topological polar surface area (TPSA) is 121 Å². The third-order valence-electron chi connectivity index (χ3n) is 9.27. The Morgan fingerprint density at radius 3 is 2.91 bits per heavy atom. The van der Waals surface area contributed by atoms with E-state index in [9.17, 15) is 19.1 Å². The van der Waals surface area contributed by atoms with Gasteiger partial charge in [0.05, 0.1) is 35.6 Å². The maximum Gasteiger partial charge on any atom is 0.319 e. The highest BCUT2D eigenvalue weighted by atomic mass is 32.1. The van der Waals surface area contributed by atoms with E-state index in [0.717, 1.165) is 30.7 Å². The summed E-state index contributed by atoms with van der Waals surface area (Å²) in [5, 5.41) is 21.6. The van der Waals surface area contributed by atoms with E-state index >= 15 is 4.39 Å².